The van der Waals surface area contributed by atoms with E-state index < -0.39 is 0 Å². The van der Waals surface area contributed by atoms with Gasteiger partial charge in [0.15, 0.2) is 0 Å². The van der Waals surface area contributed by atoms with E-state index >= 15 is 0 Å². The molecule has 2 nitrogen and oxygen atoms in total. The molecule has 0 spiro atoms. The van der Waals surface area contributed by atoms with E-state index in [4.69, 9.17) is 6.42 Å². The van der Waals surface area contributed by atoms with Gasteiger partial charge in [0.1, 0.15) is 0 Å². The lowest BCUT2D eigenvalue weighted by Gasteiger charge is -2.27. The van der Waals surface area contributed by atoms with Crippen LogP contribution in [0.4, 0.5) is 0 Å². The summed E-state index contributed by atoms with van der Waals surface area (Å²) in [6.07, 6.45) is 7.08. The Kier molecular flexibility index (Phi) is 2.95. The fourth-order valence-corrected chi connectivity index (χ4v) is 1.77. The van der Waals surface area contributed by atoms with Crippen LogP contribution in [0.15, 0.2) is 0 Å². The van der Waals surface area contributed by atoms with Crippen LogP contribution in [0.2, 0.25) is 0 Å². The van der Waals surface area contributed by atoms with Gasteiger partial charge in [0.25, 0.3) is 0 Å². The Balaban J connectivity index is 2.53. The molecular formula is C8H10BrNO. The van der Waals surface area contributed by atoms with Crippen molar-refractivity contribution in [2.75, 3.05) is 13.1 Å². The zero-order valence-corrected chi connectivity index (χ0v) is 7.80. The minimum Gasteiger partial charge on any atom is -0.331 e. The SMILES string of the molecule is C#CCN1CCCC(Br)C1=O. The Labute approximate surface area is 75.1 Å². The molecule has 0 aromatic rings. The summed E-state index contributed by atoms with van der Waals surface area (Å²) in [5, 5.41) is 0. The highest BCUT2D eigenvalue weighted by Gasteiger charge is 2.25. The van der Waals surface area contributed by atoms with Gasteiger partial charge in [0.05, 0.1) is 11.4 Å². The zero-order valence-electron chi connectivity index (χ0n) is 6.22. The molecule has 0 aromatic carbocycles. The van der Waals surface area contributed by atoms with Crippen molar-refractivity contribution in [3.05, 3.63) is 0 Å². The van der Waals surface area contributed by atoms with Crippen molar-refractivity contribution >= 4 is 21.8 Å². The van der Waals surface area contributed by atoms with Crippen LogP contribution >= 0.6 is 15.9 Å². The first-order valence-electron chi connectivity index (χ1n) is 3.62. The lowest BCUT2D eigenvalue weighted by atomic mass is 10.1. The highest BCUT2D eigenvalue weighted by molar-refractivity contribution is 9.10. The second-order valence-electron chi connectivity index (χ2n) is 2.57. The molecular weight excluding hydrogens is 206 g/mol. The third-order valence-corrected chi connectivity index (χ3v) is 2.60. The summed E-state index contributed by atoms with van der Waals surface area (Å²) < 4.78 is 0. The fourth-order valence-electron chi connectivity index (χ4n) is 1.16. The summed E-state index contributed by atoms with van der Waals surface area (Å²) in [7, 11) is 0. The number of hydrogen-bond acceptors (Lipinski definition) is 1. The van der Waals surface area contributed by atoms with E-state index in [0.29, 0.717) is 6.54 Å². The van der Waals surface area contributed by atoms with Crippen LogP contribution in [0, 0.1) is 12.3 Å². The Morgan fingerprint density at radius 1 is 1.82 bits per heavy atom. The van der Waals surface area contributed by atoms with Gasteiger partial charge < -0.3 is 4.90 Å². The molecule has 0 N–H and O–H groups in total. The molecule has 0 aliphatic carbocycles. The molecule has 1 amide bonds. The van der Waals surface area contributed by atoms with Gasteiger partial charge in [-0.05, 0) is 12.8 Å². The van der Waals surface area contributed by atoms with Gasteiger partial charge >= 0.3 is 0 Å². The van der Waals surface area contributed by atoms with Crippen molar-refractivity contribution in [1.82, 2.24) is 4.90 Å². The number of alkyl halides is 1. The van der Waals surface area contributed by atoms with Gasteiger partial charge in [0, 0.05) is 6.54 Å². The lowest BCUT2D eigenvalue weighted by molar-refractivity contribution is -0.131. The van der Waals surface area contributed by atoms with E-state index in [2.05, 4.69) is 21.9 Å². The van der Waals surface area contributed by atoms with E-state index in [0.717, 1.165) is 19.4 Å². The van der Waals surface area contributed by atoms with Gasteiger partial charge in [0.2, 0.25) is 5.91 Å². The Morgan fingerprint density at radius 3 is 3.18 bits per heavy atom. The van der Waals surface area contributed by atoms with Gasteiger partial charge in [-0.25, -0.2) is 0 Å². The predicted octanol–water partition coefficient (Wildman–Crippen LogP) is 1.01. The minimum absolute atomic E-state index is 0.00963. The summed E-state index contributed by atoms with van der Waals surface area (Å²) in [6, 6.07) is 0. The van der Waals surface area contributed by atoms with Gasteiger partial charge in [-0.1, -0.05) is 21.9 Å². The van der Waals surface area contributed by atoms with E-state index in [1.807, 2.05) is 0 Å². The molecule has 0 radical (unpaired) electrons. The molecule has 0 saturated carbocycles. The smallest absolute Gasteiger partial charge is 0.237 e. The molecule has 1 saturated heterocycles. The Hall–Kier alpha value is -0.490. The van der Waals surface area contributed by atoms with Crippen LogP contribution in [0.3, 0.4) is 0 Å². The van der Waals surface area contributed by atoms with Crippen molar-refractivity contribution in [3.63, 3.8) is 0 Å². The number of terminal acetylenes is 1. The van der Waals surface area contributed by atoms with Crippen LogP contribution < -0.4 is 0 Å². The molecule has 11 heavy (non-hydrogen) atoms. The summed E-state index contributed by atoms with van der Waals surface area (Å²) in [4.78, 5) is 13.0. The molecule has 1 fully saturated rings. The number of amides is 1. The summed E-state index contributed by atoms with van der Waals surface area (Å²) >= 11 is 3.30. The van der Waals surface area contributed by atoms with Crippen molar-refractivity contribution < 1.29 is 4.79 Å². The number of rotatable bonds is 1. The standard InChI is InChI=1S/C8H10BrNO/c1-2-5-10-6-3-4-7(9)8(10)11/h1,7H,3-6H2. The summed E-state index contributed by atoms with van der Waals surface area (Å²) in [5.74, 6) is 2.61. The molecule has 1 atom stereocenters. The monoisotopic (exact) mass is 215 g/mol. The molecule has 60 valence electrons. The predicted molar refractivity (Wildman–Crippen MR) is 47.4 cm³/mol. The Morgan fingerprint density at radius 2 is 2.55 bits per heavy atom. The van der Waals surface area contributed by atoms with Crippen LogP contribution in [0.5, 0.6) is 0 Å². The number of carbonyl (C=O) groups is 1. The highest BCUT2D eigenvalue weighted by atomic mass is 79.9. The molecule has 1 rings (SSSR count). The first kappa shape index (κ1) is 8.61. The quantitative estimate of drug-likeness (QED) is 0.473. The average molecular weight is 216 g/mol. The first-order chi connectivity index (χ1) is 5.25. The maximum atomic E-state index is 11.3. The van der Waals surface area contributed by atoms with E-state index in [9.17, 15) is 4.79 Å². The van der Waals surface area contributed by atoms with Crippen LogP contribution in [-0.2, 0) is 4.79 Å². The van der Waals surface area contributed by atoms with Crippen molar-refractivity contribution in [3.8, 4) is 12.3 Å². The highest BCUT2D eigenvalue weighted by Crippen LogP contribution is 2.17. The molecule has 1 aliphatic rings. The second kappa shape index (κ2) is 3.77. The normalized spacial score (nSPS) is 24.9. The van der Waals surface area contributed by atoms with Gasteiger partial charge in [-0.3, -0.25) is 4.79 Å². The lowest BCUT2D eigenvalue weighted by Crippen LogP contribution is -2.41. The molecule has 1 heterocycles. The fraction of sp³-hybridized carbons (Fsp3) is 0.625. The average Bonchev–Trinajstić information content (AvgIpc) is 1.99. The van der Waals surface area contributed by atoms with Crippen LogP contribution in [0.1, 0.15) is 12.8 Å². The summed E-state index contributed by atoms with van der Waals surface area (Å²) in [5.41, 5.74) is 0. The van der Waals surface area contributed by atoms with E-state index in [-0.39, 0.29) is 10.7 Å². The third kappa shape index (κ3) is 1.97. The molecule has 0 aromatic heterocycles. The maximum Gasteiger partial charge on any atom is 0.237 e. The summed E-state index contributed by atoms with van der Waals surface area (Å²) in [6.45, 7) is 1.26. The largest absolute Gasteiger partial charge is 0.331 e. The number of likely N-dealkylation sites (tertiary alicyclic amines) is 1. The van der Waals surface area contributed by atoms with Crippen molar-refractivity contribution in [2.24, 2.45) is 0 Å². The molecule has 3 heteroatoms. The molecule has 1 unspecified atom stereocenters. The molecule has 0 bridgehead atoms. The van der Waals surface area contributed by atoms with Crippen molar-refractivity contribution in [2.45, 2.75) is 17.7 Å². The van der Waals surface area contributed by atoms with Gasteiger partial charge in [-0.2, -0.15) is 0 Å². The van der Waals surface area contributed by atoms with Crippen molar-refractivity contribution in [1.29, 1.82) is 0 Å². The third-order valence-electron chi connectivity index (χ3n) is 1.75. The van der Waals surface area contributed by atoms with Gasteiger partial charge in [-0.15, -0.1) is 6.42 Å². The first-order valence-corrected chi connectivity index (χ1v) is 4.53. The number of piperidine rings is 1. The van der Waals surface area contributed by atoms with Crippen LogP contribution in [-0.4, -0.2) is 28.7 Å². The maximum absolute atomic E-state index is 11.3. The van der Waals surface area contributed by atoms with Crippen LogP contribution in [0.25, 0.3) is 0 Å². The number of carbonyl (C=O) groups excluding carboxylic acids is 1. The van der Waals surface area contributed by atoms with E-state index in [1.54, 1.807) is 4.90 Å². The second-order valence-corrected chi connectivity index (χ2v) is 3.68. The zero-order chi connectivity index (χ0) is 8.27. The Bertz CT molecular complexity index is 197. The molecule has 1 aliphatic heterocycles. The number of nitrogens with zero attached hydrogens (tertiary/aromatic N) is 1. The number of halogens is 1. The van der Waals surface area contributed by atoms with E-state index in [1.165, 1.54) is 0 Å². The number of hydrogen-bond donors (Lipinski definition) is 0. The topological polar surface area (TPSA) is 20.3 Å². The minimum atomic E-state index is -0.00963.